The molecule has 0 aliphatic rings. The van der Waals surface area contributed by atoms with Crippen LogP contribution in [0.4, 0.5) is 0 Å². The Labute approximate surface area is 111 Å². The van der Waals surface area contributed by atoms with Crippen LogP contribution in [-0.4, -0.2) is 27.9 Å². The topological polar surface area (TPSA) is 71.7 Å². The lowest BCUT2D eigenvalue weighted by Gasteiger charge is -2.08. The molecule has 2 rings (SSSR count). The Kier molecular flexibility index (Phi) is 3.48. The molecule has 0 aliphatic carbocycles. The van der Waals surface area contributed by atoms with E-state index in [-0.39, 0.29) is 0 Å². The van der Waals surface area contributed by atoms with Crippen molar-refractivity contribution in [2.75, 3.05) is 7.11 Å². The van der Waals surface area contributed by atoms with Crippen LogP contribution in [0.2, 0.25) is 0 Å². The minimum absolute atomic E-state index is 0.434. The first kappa shape index (κ1) is 13.4. The number of rotatable bonds is 4. The lowest BCUT2D eigenvalue weighted by Crippen LogP contribution is -2.11. The average Bonchev–Trinajstić information content (AvgIpc) is 2.69. The first-order valence-electron chi connectivity index (χ1n) is 6.09. The molecule has 0 radical (unpaired) electrons. The van der Waals surface area contributed by atoms with Gasteiger partial charge >= 0.3 is 5.97 Å². The first-order valence-corrected chi connectivity index (χ1v) is 6.09. The van der Waals surface area contributed by atoms with E-state index in [1.165, 1.54) is 0 Å². The maximum atomic E-state index is 11.1. The number of aryl methyl sites for hydroxylation is 1. The SMILES string of the molecule is CCn1c(C)c(C(O)C(=O)O)c2cccc(OC)c21. The van der Waals surface area contributed by atoms with Crippen LogP contribution in [0.5, 0.6) is 5.75 Å². The number of hydrogen-bond acceptors (Lipinski definition) is 3. The third-order valence-corrected chi connectivity index (χ3v) is 3.40. The maximum Gasteiger partial charge on any atom is 0.337 e. The van der Waals surface area contributed by atoms with Crippen molar-refractivity contribution in [2.45, 2.75) is 26.5 Å². The molecule has 0 spiro atoms. The number of carboxylic acid groups (broad SMARTS) is 1. The summed E-state index contributed by atoms with van der Waals surface area (Å²) in [4.78, 5) is 11.1. The van der Waals surface area contributed by atoms with E-state index in [4.69, 9.17) is 9.84 Å². The summed E-state index contributed by atoms with van der Waals surface area (Å²) in [6.07, 6.45) is -1.53. The van der Waals surface area contributed by atoms with Crippen LogP contribution in [0.15, 0.2) is 18.2 Å². The largest absolute Gasteiger partial charge is 0.495 e. The highest BCUT2D eigenvalue weighted by molar-refractivity contribution is 5.94. The molecule has 0 saturated heterocycles. The highest BCUT2D eigenvalue weighted by atomic mass is 16.5. The van der Waals surface area contributed by atoms with E-state index in [2.05, 4.69) is 0 Å². The van der Waals surface area contributed by atoms with Crippen molar-refractivity contribution in [1.82, 2.24) is 4.57 Å². The van der Waals surface area contributed by atoms with Crippen molar-refractivity contribution >= 4 is 16.9 Å². The molecule has 0 bridgehead atoms. The number of benzene rings is 1. The molecule has 1 aromatic carbocycles. The second-order valence-corrected chi connectivity index (χ2v) is 4.34. The Morgan fingerprint density at radius 2 is 2.16 bits per heavy atom. The molecule has 1 aromatic heterocycles. The van der Waals surface area contributed by atoms with Gasteiger partial charge in [-0.1, -0.05) is 12.1 Å². The molecule has 1 atom stereocenters. The van der Waals surface area contributed by atoms with E-state index in [9.17, 15) is 9.90 Å². The Balaban J connectivity index is 2.86. The Bertz CT molecular complexity index is 630. The van der Waals surface area contributed by atoms with Gasteiger partial charge < -0.3 is 19.5 Å². The summed E-state index contributed by atoms with van der Waals surface area (Å²) in [5.74, 6) is -0.577. The number of ether oxygens (including phenoxy) is 1. The van der Waals surface area contributed by atoms with Crippen LogP contribution in [0.3, 0.4) is 0 Å². The van der Waals surface area contributed by atoms with Crippen molar-refractivity contribution in [1.29, 1.82) is 0 Å². The summed E-state index contributed by atoms with van der Waals surface area (Å²) in [6.45, 7) is 4.45. The van der Waals surface area contributed by atoms with Gasteiger partial charge in [-0.05, 0) is 19.9 Å². The number of aliphatic hydroxyl groups is 1. The van der Waals surface area contributed by atoms with Gasteiger partial charge in [0.25, 0.3) is 0 Å². The number of hydrogen-bond donors (Lipinski definition) is 2. The molecule has 102 valence electrons. The summed E-state index contributed by atoms with van der Waals surface area (Å²) >= 11 is 0. The summed E-state index contributed by atoms with van der Waals surface area (Å²) in [5, 5.41) is 19.6. The van der Waals surface area contributed by atoms with Crippen molar-refractivity contribution in [2.24, 2.45) is 0 Å². The van der Waals surface area contributed by atoms with Crippen LogP contribution >= 0.6 is 0 Å². The predicted octanol–water partition coefficient (Wildman–Crippen LogP) is 2.10. The highest BCUT2D eigenvalue weighted by Crippen LogP contribution is 2.35. The van der Waals surface area contributed by atoms with Crippen molar-refractivity contribution in [3.8, 4) is 5.75 Å². The number of aliphatic carboxylic acids is 1. The zero-order chi connectivity index (χ0) is 14.2. The van der Waals surface area contributed by atoms with E-state index in [1.54, 1.807) is 19.2 Å². The normalized spacial score (nSPS) is 12.6. The van der Waals surface area contributed by atoms with Gasteiger partial charge in [0, 0.05) is 23.2 Å². The molecule has 1 unspecified atom stereocenters. The molecule has 0 amide bonds. The number of fused-ring (bicyclic) bond motifs is 1. The zero-order valence-corrected chi connectivity index (χ0v) is 11.2. The minimum Gasteiger partial charge on any atom is -0.495 e. The fourth-order valence-electron chi connectivity index (χ4n) is 2.55. The smallest absolute Gasteiger partial charge is 0.337 e. The monoisotopic (exact) mass is 263 g/mol. The van der Waals surface area contributed by atoms with Crippen LogP contribution in [-0.2, 0) is 11.3 Å². The minimum atomic E-state index is -1.53. The van der Waals surface area contributed by atoms with Gasteiger partial charge in [-0.25, -0.2) is 4.79 Å². The number of nitrogens with zero attached hydrogens (tertiary/aromatic N) is 1. The number of carboxylic acids is 1. The second kappa shape index (κ2) is 4.93. The van der Waals surface area contributed by atoms with Crippen LogP contribution < -0.4 is 4.74 Å². The van der Waals surface area contributed by atoms with Crippen molar-refractivity contribution in [3.63, 3.8) is 0 Å². The predicted molar refractivity (Wildman–Crippen MR) is 71.5 cm³/mol. The van der Waals surface area contributed by atoms with Gasteiger partial charge in [0.2, 0.25) is 0 Å². The Morgan fingerprint density at radius 3 is 2.68 bits per heavy atom. The number of para-hydroxylation sites is 1. The fourth-order valence-corrected chi connectivity index (χ4v) is 2.55. The molecule has 0 saturated carbocycles. The lowest BCUT2D eigenvalue weighted by atomic mass is 10.1. The van der Waals surface area contributed by atoms with Gasteiger partial charge in [0.15, 0.2) is 6.10 Å². The van der Waals surface area contributed by atoms with Gasteiger partial charge in [0.05, 0.1) is 12.6 Å². The molecule has 0 aliphatic heterocycles. The Morgan fingerprint density at radius 1 is 1.47 bits per heavy atom. The van der Waals surface area contributed by atoms with Gasteiger partial charge in [0.1, 0.15) is 5.75 Å². The first-order chi connectivity index (χ1) is 9.02. The quantitative estimate of drug-likeness (QED) is 0.886. The molecule has 1 heterocycles. The van der Waals surface area contributed by atoms with Gasteiger partial charge in [-0.15, -0.1) is 0 Å². The fraction of sp³-hybridized carbons (Fsp3) is 0.357. The second-order valence-electron chi connectivity index (χ2n) is 4.34. The van der Waals surface area contributed by atoms with Gasteiger partial charge in [-0.2, -0.15) is 0 Å². The van der Waals surface area contributed by atoms with Crippen molar-refractivity contribution in [3.05, 3.63) is 29.5 Å². The number of methoxy groups -OCH3 is 1. The summed E-state index contributed by atoms with van der Waals surface area (Å²) in [5.41, 5.74) is 2.00. The molecule has 5 heteroatoms. The summed E-state index contributed by atoms with van der Waals surface area (Å²) in [7, 11) is 1.57. The van der Waals surface area contributed by atoms with Crippen LogP contribution in [0.25, 0.3) is 10.9 Å². The number of aliphatic hydroxyl groups excluding tert-OH is 1. The van der Waals surface area contributed by atoms with E-state index < -0.39 is 12.1 Å². The van der Waals surface area contributed by atoms with E-state index >= 15 is 0 Å². The maximum absolute atomic E-state index is 11.1. The summed E-state index contributed by atoms with van der Waals surface area (Å²) in [6, 6.07) is 5.42. The van der Waals surface area contributed by atoms with Crippen LogP contribution in [0.1, 0.15) is 24.3 Å². The molecule has 2 N–H and O–H groups in total. The molecular formula is C14H17NO4. The standard InChI is InChI=1S/C14H17NO4/c1-4-15-8(2)11(13(16)14(17)18)9-6-5-7-10(19-3)12(9)15/h5-7,13,16H,4H2,1-3H3,(H,17,18). The third-order valence-electron chi connectivity index (χ3n) is 3.40. The molecule has 19 heavy (non-hydrogen) atoms. The van der Waals surface area contributed by atoms with E-state index in [0.29, 0.717) is 23.2 Å². The highest BCUT2D eigenvalue weighted by Gasteiger charge is 2.26. The molecule has 5 nitrogen and oxygen atoms in total. The van der Waals surface area contributed by atoms with E-state index in [0.717, 1.165) is 11.2 Å². The third kappa shape index (κ3) is 1.96. The summed E-state index contributed by atoms with van der Waals surface area (Å²) < 4.78 is 7.28. The number of carbonyl (C=O) groups is 1. The van der Waals surface area contributed by atoms with Crippen molar-refractivity contribution < 1.29 is 19.7 Å². The molecule has 2 aromatic rings. The van der Waals surface area contributed by atoms with Gasteiger partial charge in [-0.3, -0.25) is 0 Å². The van der Waals surface area contributed by atoms with E-state index in [1.807, 2.05) is 24.5 Å². The zero-order valence-electron chi connectivity index (χ0n) is 11.2. The Hall–Kier alpha value is -2.01. The lowest BCUT2D eigenvalue weighted by molar-refractivity contribution is -0.146. The molecular weight excluding hydrogens is 246 g/mol. The molecule has 0 fully saturated rings. The van der Waals surface area contributed by atoms with Crippen LogP contribution in [0, 0.1) is 6.92 Å². The average molecular weight is 263 g/mol. The number of aromatic nitrogens is 1.